The van der Waals surface area contributed by atoms with Gasteiger partial charge in [-0.2, -0.15) is 0 Å². The first-order valence-electron chi connectivity index (χ1n) is 6.01. The predicted octanol–water partition coefficient (Wildman–Crippen LogP) is 4.66. The Morgan fingerprint density at radius 1 is 1.05 bits per heavy atom. The van der Waals surface area contributed by atoms with E-state index in [1.54, 1.807) is 7.11 Å². The van der Waals surface area contributed by atoms with Gasteiger partial charge in [0.05, 0.1) is 22.8 Å². The summed E-state index contributed by atoms with van der Waals surface area (Å²) in [6, 6.07) is 13.6. The fourth-order valence-electron chi connectivity index (χ4n) is 1.83. The average Bonchev–Trinajstić information content (AvgIpc) is 2.43. The summed E-state index contributed by atoms with van der Waals surface area (Å²) in [4.78, 5) is 0. The van der Waals surface area contributed by atoms with Crippen molar-refractivity contribution in [3.05, 3.63) is 58.1 Å². The van der Waals surface area contributed by atoms with Gasteiger partial charge in [0.15, 0.2) is 0 Å². The van der Waals surface area contributed by atoms with Crippen molar-refractivity contribution in [3.8, 4) is 5.75 Å². The smallest absolute Gasteiger partial charge is 0.141 e. The van der Waals surface area contributed by atoms with Crippen LogP contribution in [0, 0.1) is 0 Å². The molecule has 2 aromatic carbocycles. The Kier molecular flexibility index (Phi) is 4.94. The van der Waals surface area contributed by atoms with Crippen LogP contribution in [0.25, 0.3) is 0 Å². The standard InChI is InChI=1S/C15H15Cl2NO/c1-19-15-5-3-2-4-14(15)18-9-8-11-6-7-12(16)13(17)10-11/h2-7,10,18H,8-9H2,1H3. The maximum Gasteiger partial charge on any atom is 0.141 e. The number of halogens is 2. The van der Waals surface area contributed by atoms with Crippen molar-refractivity contribution in [1.29, 1.82) is 0 Å². The molecule has 19 heavy (non-hydrogen) atoms. The second-order valence-electron chi connectivity index (χ2n) is 4.13. The summed E-state index contributed by atoms with van der Waals surface area (Å²) in [7, 11) is 1.67. The summed E-state index contributed by atoms with van der Waals surface area (Å²) in [6.07, 6.45) is 0.870. The molecule has 0 atom stereocenters. The van der Waals surface area contributed by atoms with Crippen molar-refractivity contribution >= 4 is 28.9 Å². The molecule has 4 heteroatoms. The van der Waals surface area contributed by atoms with Gasteiger partial charge in [-0.15, -0.1) is 0 Å². The predicted molar refractivity (Wildman–Crippen MR) is 81.6 cm³/mol. The summed E-state index contributed by atoms with van der Waals surface area (Å²) in [5.74, 6) is 0.844. The van der Waals surface area contributed by atoms with Crippen LogP contribution in [-0.4, -0.2) is 13.7 Å². The summed E-state index contributed by atoms with van der Waals surface area (Å²) >= 11 is 11.9. The van der Waals surface area contributed by atoms with E-state index in [0.29, 0.717) is 10.0 Å². The fraction of sp³-hybridized carbons (Fsp3) is 0.200. The van der Waals surface area contributed by atoms with E-state index in [1.165, 1.54) is 0 Å². The second-order valence-corrected chi connectivity index (χ2v) is 4.94. The van der Waals surface area contributed by atoms with Crippen molar-refractivity contribution in [2.45, 2.75) is 6.42 Å². The van der Waals surface area contributed by atoms with Gasteiger partial charge < -0.3 is 10.1 Å². The topological polar surface area (TPSA) is 21.3 Å². The minimum Gasteiger partial charge on any atom is -0.495 e. The van der Waals surface area contributed by atoms with Crippen molar-refractivity contribution < 1.29 is 4.74 Å². The Labute approximate surface area is 123 Å². The molecule has 0 saturated heterocycles. The molecule has 0 aromatic heterocycles. The minimum atomic E-state index is 0.586. The molecule has 0 unspecified atom stereocenters. The number of hydrogen-bond acceptors (Lipinski definition) is 2. The van der Waals surface area contributed by atoms with Gasteiger partial charge in [0, 0.05) is 6.54 Å². The van der Waals surface area contributed by atoms with Gasteiger partial charge in [0.25, 0.3) is 0 Å². The highest BCUT2D eigenvalue weighted by Gasteiger charge is 2.02. The molecule has 0 spiro atoms. The van der Waals surface area contributed by atoms with Crippen LogP contribution in [0.2, 0.25) is 10.0 Å². The number of hydrogen-bond donors (Lipinski definition) is 1. The first kappa shape index (κ1) is 14.0. The monoisotopic (exact) mass is 295 g/mol. The summed E-state index contributed by atoms with van der Waals surface area (Å²) in [5.41, 5.74) is 2.14. The lowest BCUT2D eigenvalue weighted by atomic mass is 10.1. The van der Waals surface area contributed by atoms with Gasteiger partial charge in [-0.1, -0.05) is 41.4 Å². The number of methoxy groups -OCH3 is 1. The number of para-hydroxylation sites is 2. The van der Waals surface area contributed by atoms with Gasteiger partial charge in [-0.25, -0.2) is 0 Å². The molecule has 0 bridgehead atoms. The molecular formula is C15H15Cl2NO. The molecule has 0 saturated carbocycles. The number of rotatable bonds is 5. The van der Waals surface area contributed by atoms with Crippen LogP contribution in [-0.2, 0) is 6.42 Å². The van der Waals surface area contributed by atoms with Crippen molar-refractivity contribution in [2.24, 2.45) is 0 Å². The van der Waals surface area contributed by atoms with Gasteiger partial charge >= 0.3 is 0 Å². The quantitative estimate of drug-likeness (QED) is 0.866. The molecule has 0 fully saturated rings. The lowest BCUT2D eigenvalue weighted by Gasteiger charge is -2.11. The van der Waals surface area contributed by atoms with E-state index in [2.05, 4.69) is 5.32 Å². The first-order valence-corrected chi connectivity index (χ1v) is 6.77. The molecule has 0 radical (unpaired) electrons. The summed E-state index contributed by atoms with van der Waals surface area (Å²) in [6.45, 7) is 0.804. The second kappa shape index (κ2) is 6.69. The number of ether oxygens (including phenoxy) is 1. The summed E-state index contributed by atoms with van der Waals surface area (Å²) < 4.78 is 5.28. The maximum absolute atomic E-state index is 5.99. The van der Waals surface area contributed by atoms with Crippen molar-refractivity contribution in [1.82, 2.24) is 0 Å². The van der Waals surface area contributed by atoms with Crippen LogP contribution in [0.4, 0.5) is 5.69 Å². The maximum atomic E-state index is 5.99. The van der Waals surface area contributed by atoms with Crippen LogP contribution < -0.4 is 10.1 Å². The highest BCUT2D eigenvalue weighted by atomic mass is 35.5. The number of nitrogens with one attached hydrogen (secondary N) is 1. The molecule has 0 heterocycles. The lowest BCUT2D eigenvalue weighted by molar-refractivity contribution is 0.416. The average molecular weight is 296 g/mol. The SMILES string of the molecule is COc1ccccc1NCCc1ccc(Cl)c(Cl)c1. The molecule has 2 aromatic rings. The van der Waals surface area contributed by atoms with E-state index in [1.807, 2.05) is 42.5 Å². The van der Waals surface area contributed by atoms with Crippen LogP contribution >= 0.6 is 23.2 Å². The van der Waals surface area contributed by atoms with Crippen molar-refractivity contribution in [2.75, 3.05) is 19.0 Å². The Hall–Kier alpha value is -1.38. The van der Waals surface area contributed by atoms with E-state index >= 15 is 0 Å². The lowest BCUT2D eigenvalue weighted by Crippen LogP contribution is -2.06. The summed E-state index contributed by atoms with van der Waals surface area (Å²) in [5, 5.41) is 4.53. The zero-order valence-corrected chi connectivity index (χ0v) is 12.1. The van der Waals surface area contributed by atoms with Crippen LogP contribution in [0.1, 0.15) is 5.56 Å². The Bertz CT molecular complexity index is 558. The third-order valence-corrected chi connectivity index (χ3v) is 3.56. The Morgan fingerprint density at radius 3 is 2.58 bits per heavy atom. The molecule has 2 rings (SSSR count). The Morgan fingerprint density at radius 2 is 1.84 bits per heavy atom. The van der Waals surface area contributed by atoms with E-state index < -0.39 is 0 Å². The highest BCUT2D eigenvalue weighted by molar-refractivity contribution is 6.42. The largest absolute Gasteiger partial charge is 0.495 e. The molecule has 0 aliphatic rings. The van der Waals surface area contributed by atoms with Gasteiger partial charge in [0.1, 0.15) is 5.75 Å². The third-order valence-electron chi connectivity index (χ3n) is 2.82. The van der Waals surface area contributed by atoms with E-state index in [0.717, 1.165) is 30.0 Å². The molecule has 2 nitrogen and oxygen atoms in total. The minimum absolute atomic E-state index is 0.586. The Balaban J connectivity index is 1.94. The van der Waals surface area contributed by atoms with Crippen LogP contribution in [0.15, 0.2) is 42.5 Å². The third kappa shape index (κ3) is 3.79. The molecule has 0 amide bonds. The molecule has 0 aliphatic heterocycles. The highest BCUT2D eigenvalue weighted by Crippen LogP contribution is 2.24. The van der Waals surface area contributed by atoms with E-state index in [9.17, 15) is 0 Å². The van der Waals surface area contributed by atoms with E-state index in [4.69, 9.17) is 27.9 Å². The fourth-order valence-corrected chi connectivity index (χ4v) is 2.15. The first-order chi connectivity index (χ1) is 9.20. The van der Waals surface area contributed by atoms with Gasteiger partial charge in [-0.3, -0.25) is 0 Å². The van der Waals surface area contributed by atoms with Gasteiger partial charge in [0.2, 0.25) is 0 Å². The zero-order chi connectivity index (χ0) is 13.7. The molecule has 100 valence electrons. The van der Waals surface area contributed by atoms with E-state index in [-0.39, 0.29) is 0 Å². The molecule has 0 aliphatic carbocycles. The number of benzene rings is 2. The van der Waals surface area contributed by atoms with Crippen LogP contribution in [0.5, 0.6) is 5.75 Å². The van der Waals surface area contributed by atoms with Crippen molar-refractivity contribution in [3.63, 3.8) is 0 Å². The molecule has 1 N–H and O–H groups in total. The number of anilines is 1. The van der Waals surface area contributed by atoms with Gasteiger partial charge in [-0.05, 0) is 36.2 Å². The molecular weight excluding hydrogens is 281 g/mol. The zero-order valence-electron chi connectivity index (χ0n) is 10.6. The van der Waals surface area contributed by atoms with Crippen LogP contribution in [0.3, 0.4) is 0 Å². The normalized spacial score (nSPS) is 10.3.